The molecule has 1 heterocycles. The van der Waals surface area contributed by atoms with Crippen LogP contribution in [0.25, 0.3) is 17.4 Å². The molecule has 8 nitrogen and oxygen atoms in total. The smallest absolute Gasteiger partial charge is 0.270 e. The van der Waals surface area contributed by atoms with Gasteiger partial charge in [0.05, 0.1) is 4.92 Å². The van der Waals surface area contributed by atoms with Crippen LogP contribution in [-0.2, 0) is 4.79 Å². The number of nitro benzene ring substituents is 1. The van der Waals surface area contributed by atoms with Gasteiger partial charge in [-0.2, -0.15) is 0 Å². The van der Waals surface area contributed by atoms with E-state index in [1.165, 1.54) is 25.3 Å². The quantitative estimate of drug-likeness (QED) is 0.380. The Morgan fingerprint density at radius 3 is 2.48 bits per heavy atom. The molecule has 29 heavy (non-hydrogen) atoms. The number of benzene rings is 2. The first-order valence-electron chi connectivity index (χ1n) is 8.63. The number of nitro groups is 1. The molecule has 2 amide bonds. The lowest BCUT2D eigenvalue weighted by Gasteiger charge is -2.08. The Bertz CT molecular complexity index is 1090. The number of nitrogens with one attached hydrogen (secondary N) is 2. The Morgan fingerprint density at radius 1 is 1.03 bits per heavy atom. The highest BCUT2D eigenvalue weighted by Crippen LogP contribution is 2.26. The molecule has 0 unspecified atom stereocenters. The highest BCUT2D eigenvalue weighted by molar-refractivity contribution is 6.05. The maximum atomic E-state index is 12.4. The van der Waals surface area contributed by atoms with Gasteiger partial charge >= 0.3 is 0 Å². The topological polar surface area (TPSA) is 114 Å². The van der Waals surface area contributed by atoms with Gasteiger partial charge in [0.1, 0.15) is 17.2 Å². The van der Waals surface area contributed by atoms with Gasteiger partial charge < -0.3 is 15.1 Å². The highest BCUT2D eigenvalue weighted by Gasteiger charge is 2.15. The Hall–Kier alpha value is -4.20. The molecule has 1 aromatic heterocycles. The van der Waals surface area contributed by atoms with E-state index in [0.717, 1.165) is 0 Å². The molecular formula is C21H17N3O5. The third kappa shape index (κ3) is 4.75. The predicted molar refractivity (Wildman–Crippen MR) is 107 cm³/mol. The summed E-state index contributed by atoms with van der Waals surface area (Å²) in [5.74, 6) is -0.238. The molecule has 8 heteroatoms. The van der Waals surface area contributed by atoms with Gasteiger partial charge in [0.2, 0.25) is 0 Å². The van der Waals surface area contributed by atoms with Crippen LogP contribution in [0.2, 0.25) is 0 Å². The van der Waals surface area contributed by atoms with E-state index in [1.54, 1.807) is 54.6 Å². The van der Waals surface area contributed by atoms with E-state index < -0.39 is 16.7 Å². The summed E-state index contributed by atoms with van der Waals surface area (Å²) < 4.78 is 5.69. The van der Waals surface area contributed by atoms with Crippen LogP contribution in [0.5, 0.6) is 0 Å². The van der Waals surface area contributed by atoms with Crippen LogP contribution >= 0.6 is 0 Å². The summed E-state index contributed by atoms with van der Waals surface area (Å²) in [5.41, 5.74) is 0.867. The second-order valence-electron chi connectivity index (χ2n) is 5.97. The van der Waals surface area contributed by atoms with Crippen LogP contribution in [0.4, 0.5) is 5.69 Å². The number of carbonyl (C=O) groups is 2. The first-order chi connectivity index (χ1) is 14.0. The Morgan fingerprint density at radius 2 is 1.79 bits per heavy atom. The van der Waals surface area contributed by atoms with Crippen molar-refractivity contribution in [3.63, 3.8) is 0 Å². The third-order valence-electron chi connectivity index (χ3n) is 4.01. The first-order valence-corrected chi connectivity index (χ1v) is 8.63. The summed E-state index contributed by atoms with van der Waals surface area (Å²) in [4.78, 5) is 35.0. The zero-order chi connectivity index (χ0) is 20.8. The average Bonchev–Trinajstić information content (AvgIpc) is 3.22. The van der Waals surface area contributed by atoms with Gasteiger partial charge in [-0.05, 0) is 24.3 Å². The van der Waals surface area contributed by atoms with E-state index in [4.69, 9.17) is 4.42 Å². The molecule has 146 valence electrons. The summed E-state index contributed by atoms with van der Waals surface area (Å²) in [6.07, 6.45) is 1.39. The molecule has 0 bridgehead atoms. The summed E-state index contributed by atoms with van der Waals surface area (Å²) in [7, 11) is 1.45. The van der Waals surface area contributed by atoms with Crippen LogP contribution in [0.1, 0.15) is 16.1 Å². The number of rotatable bonds is 6. The summed E-state index contributed by atoms with van der Waals surface area (Å²) in [6, 6.07) is 17.7. The second kappa shape index (κ2) is 8.66. The molecule has 0 aliphatic carbocycles. The number of hydrogen-bond donors (Lipinski definition) is 2. The van der Waals surface area contributed by atoms with Gasteiger partial charge in [-0.1, -0.05) is 30.3 Å². The van der Waals surface area contributed by atoms with E-state index in [0.29, 0.717) is 22.6 Å². The lowest BCUT2D eigenvalue weighted by molar-refractivity contribution is -0.384. The fourth-order valence-corrected chi connectivity index (χ4v) is 2.58. The van der Waals surface area contributed by atoms with Gasteiger partial charge in [-0.3, -0.25) is 19.7 Å². The van der Waals surface area contributed by atoms with E-state index >= 15 is 0 Å². The number of furan rings is 1. The van der Waals surface area contributed by atoms with Crippen LogP contribution in [-0.4, -0.2) is 23.8 Å². The minimum absolute atomic E-state index is 0.00120. The van der Waals surface area contributed by atoms with Crippen molar-refractivity contribution in [2.45, 2.75) is 0 Å². The number of amides is 2. The Balaban J connectivity index is 1.87. The molecule has 3 rings (SSSR count). The van der Waals surface area contributed by atoms with Crippen LogP contribution in [0, 0.1) is 10.1 Å². The summed E-state index contributed by atoms with van der Waals surface area (Å²) in [5, 5.41) is 16.0. The van der Waals surface area contributed by atoms with E-state index in [2.05, 4.69) is 10.6 Å². The predicted octanol–water partition coefficient (Wildman–Crippen LogP) is 3.37. The molecule has 0 aliphatic rings. The fraction of sp³-hybridized carbons (Fsp3) is 0.0476. The normalized spacial score (nSPS) is 11.0. The SMILES string of the molecule is CNC(=O)/C(=C\c1ccc(-c2cccc([N+](=O)[O-])c2)o1)NC(=O)c1ccccc1. The van der Waals surface area contributed by atoms with Crippen molar-refractivity contribution in [1.29, 1.82) is 0 Å². The van der Waals surface area contributed by atoms with Gasteiger partial charge in [0.15, 0.2) is 0 Å². The molecule has 0 radical (unpaired) electrons. The van der Waals surface area contributed by atoms with Crippen molar-refractivity contribution >= 4 is 23.6 Å². The number of carbonyl (C=O) groups excluding carboxylic acids is 2. The molecule has 0 saturated carbocycles. The summed E-state index contributed by atoms with van der Waals surface area (Å²) >= 11 is 0. The molecule has 2 aromatic carbocycles. The molecule has 2 N–H and O–H groups in total. The van der Waals surface area contributed by atoms with Crippen LogP contribution in [0.15, 0.2) is 76.8 Å². The van der Waals surface area contributed by atoms with Gasteiger partial charge in [0.25, 0.3) is 17.5 Å². The zero-order valence-corrected chi connectivity index (χ0v) is 15.4. The fourth-order valence-electron chi connectivity index (χ4n) is 2.58. The zero-order valence-electron chi connectivity index (χ0n) is 15.4. The Kier molecular flexibility index (Phi) is 5.84. The van der Waals surface area contributed by atoms with Gasteiger partial charge in [-0.15, -0.1) is 0 Å². The molecule has 3 aromatic rings. The second-order valence-corrected chi connectivity index (χ2v) is 5.97. The van der Waals surface area contributed by atoms with Crippen molar-refractivity contribution < 1.29 is 18.9 Å². The number of likely N-dealkylation sites (N-methyl/N-ethyl adjacent to an activating group) is 1. The number of non-ortho nitro benzene ring substituents is 1. The monoisotopic (exact) mass is 391 g/mol. The van der Waals surface area contributed by atoms with Gasteiger partial charge in [0, 0.05) is 36.4 Å². The van der Waals surface area contributed by atoms with Crippen molar-refractivity contribution in [3.05, 3.63) is 93.9 Å². The van der Waals surface area contributed by atoms with Crippen molar-refractivity contribution in [1.82, 2.24) is 10.6 Å². The third-order valence-corrected chi connectivity index (χ3v) is 4.01. The minimum Gasteiger partial charge on any atom is -0.457 e. The molecule has 0 atom stereocenters. The number of nitrogens with zero attached hydrogens (tertiary/aromatic N) is 1. The van der Waals surface area contributed by atoms with Gasteiger partial charge in [-0.25, -0.2) is 0 Å². The molecule has 0 aliphatic heterocycles. The Labute approximate surface area is 166 Å². The maximum Gasteiger partial charge on any atom is 0.270 e. The average molecular weight is 391 g/mol. The van der Waals surface area contributed by atoms with Crippen LogP contribution < -0.4 is 10.6 Å². The molecule has 0 fully saturated rings. The lowest BCUT2D eigenvalue weighted by Crippen LogP contribution is -2.33. The minimum atomic E-state index is -0.498. The van der Waals surface area contributed by atoms with Crippen molar-refractivity contribution in [2.24, 2.45) is 0 Å². The van der Waals surface area contributed by atoms with Crippen molar-refractivity contribution in [3.8, 4) is 11.3 Å². The largest absolute Gasteiger partial charge is 0.457 e. The molecular weight excluding hydrogens is 374 g/mol. The molecule has 0 saturated heterocycles. The lowest BCUT2D eigenvalue weighted by atomic mass is 10.1. The molecule has 0 spiro atoms. The maximum absolute atomic E-state index is 12.4. The summed E-state index contributed by atoms with van der Waals surface area (Å²) in [6.45, 7) is 0. The van der Waals surface area contributed by atoms with E-state index in [1.807, 2.05) is 0 Å². The number of hydrogen-bond acceptors (Lipinski definition) is 5. The highest BCUT2D eigenvalue weighted by atomic mass is 16.6. The van der Waals surface area contributed by atoms with Crippen LogP contribution in [0.3, 0.4) is 0 Å². The van der Waals surface area contributed by atoms with E-state index in [9.17, 15) is 19.7 Å². The van der Waals surface area contributed by atoms with Crippen molar-refractivity contribution in [2.75, 3.05) is 7.05 Å². The standard InChI is InChI=1S/C21H17N3O5/c1-22-21(26)18(23-20(25)14-6-3-2-4-7-14)13-17-10-11-19(29-17)15-8-5-9-16(12-15)24(27)28/h2-13H,1H3,(H,22,26)(H,23,25)/b18-13+. The van der Waals surface area contributed by atoms with E-state index in [-0.39, 0.29) is 11.4 Å². The first kappa shape index (κ1) is 19.6.